The molecule has 0 atom stereocenters. The number of benzene rings is 1. The highest BCUT2D eigenvalue weighted by Crippen LogP contribution is 2.24. The zero-order valence-electron chi connectivity index (χ0n) is 4.83. The summed E-state index contributed by atoms with van der Waals surface area (Å²) < 4.78 is 0. The van der Waals surface area contributed by atoms with Crippen LogP contribution in [0.1, 0.15) is 7.43 Å². The van der Waals surface area contributed by atoms with Crippen molar-refractivity contribution in [3.63, 3.8) is 0 Å². The monoisotopic (exact) mass is 140 g/mol. The molecule has 1 aromatic carbocycles. The molecule has 1 rings (SSSR count). The Morgan fingerprint density at radius 3 is 2.20 bits per heavy atom. The van der Waals surface area contributed by atoms with Crippen molar-refractivity contribution in [2.45, 2.75) is 7.43 Å². The van der Waals surface area contributed by atoms with E-state index < -0.39 is 0 Å². The predicted molar refractivity (Wildman–Crippen MR) is 43.7 cm³/mol. The summed E-state index contributed by atoms with van der Waals surface area (Å²) in [5, 5.41) is 8.90. The van der Waals surface area contributed by atoms with Gasteiger partial charge >= 0.3 is 0 Å². The zero-order valence-corrected chi connectivity index (χ0v) is 4.83. The number of nitrogens with two attached hydrogens (primary N) is 2. The average Bonchev–Trinajstić information content (AvgIpc) is 1.83. The fourth-order valence-electron chi connectivity index (χ4n) is 0.570. The van der Waals surface area contributed by atoms with Crippen molar-refractivity contribution in [2.75, 3.05) is 11.5 Å². The molecule has 5 N–H and O–H groups in total. The van der Waals surface area contributed by atoms with Crippen molar-refractivity contribution in [3.8, 4) is 5.75 Å². The number of phenols is 1. The van der Waals surface area contributed by atoms with Gasteiger partial charge in [-0.25, -0.2) is 0 Å². The van der Waals surface area contributed by atoms with Crippen molar-refractivity contribution in [1.82, 2.24) is 0 Å². The number of hydrogen-bond acceptors (Lipinski definition) is 3. The molecule has 0 unspecified atom stereocenters. The van der Waals surface area contributed by atoms with E-state index in [1.807, 2.05) is 0 Å². The van der Waals surface area contributed by atoms with Gasteiger partial charge in [0.05, 0.1) is 11.4 Å². The van der Waals surface area contributed by atoms with Crippen LogP contribution in [0.2, 0.25) is 0 Å². The second kappa shape index (κ2) is 2.96. The number of rotatable bonds is 0. The normalized spacial score (nSPS) is 8.40. The largest absolute Gasteiger partial charge is 0.506 e. The van der Waals surface area contributed by atoms with Gasteiger partial charge in [0.2, 0.25) is 0 Å². The molecule has 0 radical (unpaired) electrons. The third-order valence-electron chi connectivity index (χ3n) is 1.12. The number of anilines is 2. The first-order valence-electron chi connectivity index (χ1n) is 2.54. The Labute approximate surface area is 60.3 Å². The lowest BCUT2D eigenvalue weighted by Crippen LogP contribution is -1.93. The summed E-state index contributed by atoms with van der Waals surface area (Å²) in [5.41, 5.74) is 11.3. The van der Waals surface area contributed by atoms with Crippen LogP contribution in [0.4, 0.5) is 11.4 Å². The Morgan fingerprint density at radius 1 is 1.20 bits per heavy atom. The second-order valence-corrected chi connectivity index (χ2v) is 1.78. The molecule has 3 nitrogen and oxygen atoms in total. The lowest BCUT2D eigenvalue weighted by molar-refractivity contribution is 0.478. The maximum Gasteiger partial charge on any atom is 0.140 e. The van der Waals surface area contributed by atoms with Crippen LogP contribution in [0.25, 0.3) is 0 Å². The van der Waals surface area contributed by atoms with E-state index in [9.17, 15) is 0 Å². The van der Waals surface area contributed by atoms with Gasteiger partial charge in [-0.15, -0.1) is 0 Å². The molecule has 0 fully saturated rings. The lowest BCUT2D eigenvalue weighted by atomic mass is 10.2. The van der Waals surface area contributed by atoms with Crippen molar-refractivity contribution >= 4 is 11.4 Å². The van der Waals surface area contributed by atoms with Crippen molar-refractivity contribution in [2.24, 2.45) is 0 Å². The Hall–Kier alpha value is -1.38. The molecule has 0 saturated carbocycles. The first-order chi connectivity index (χ1) is 4.22. The van der Waals surface area contributed by atoms with Gasteiger partial charge in [0, 0.05) is 0 Å². The van der Waals surface area contributed by atoms with E-state index in [0.29, 0.717) is 5.69 Å². The molecule has 0 heterocycles. The number of para-hydroxylation sites is 1. The maximum atomic E-state index is 8.90. The van der Waals surface area contributed by atoms with Crippen LogP contribution in [0.3, 0.4) is 0 Å². The van der Waals surface area contributed by atoms with Crippen molar-refractivity contribution in [3.05, 3.63) is 18.2 Å². The second-order valence-electron chi connectivity index (χ2n) is 1.78. The summed E-state index contributed by atoms with van der Waals surface area (Å²) in [6.45, 7) is 0. The fourth-order valence-corrected chi connectivity index (χ4v) is 0.570. The SMILES string of the molecule is C.Nc1cccc(O)c1N. The Kier molecular flexibility index (Phi) is 2.55. The fraction of sp³-hybridized carbons (Fsp3) is 0.143. The van der Waals surface area contributed by atoms with E-state index in [1.54, 1.807) is 12.1 Å². The summed E-state index contributed by atoms with van der Waals surface area (Å²) in [6.07, 6.45) is 0. The first-order valence-corrected chi connectivity index (χ1v) is 2.54. The molecule has 56 valence electrons. The summed E-state index contributed by atoms with van der Waals surface area (Å²) >= 11 is 0. The van der Waals surface area contributed by atoms with Gasteiger partial charge in [-0.2, -0.15) is 0 Å². The van der Waals surface area contributed by atoms with Gasteiger partial charge < -0.3 is 16.6 Å². The van der Waals surface area contributed by atoms with Crippen molar-refractivity contribution < 1.29 is 5.11 Å². The molecular formula is C7H12N2O. The topological polar surface area (TPSA) is 72.3 Å². The predicted octanol–water partition coefficient (Wildman–Crippen LogP) is 1.19. The molecule has 0 saturated heterocycles. The summed E-state index contributed by atoms with van der Waals surface area (Å²) in [6, 6.07) is 4.77. The van der Waals surface area contributed by atoms with Crippen LogP contribution in [-0.4, -0.2) is 5.11 Å². The summed E-state index contributed by atoms with van der Waals surface area (Å²) in [5.74, 6) is 0.0370. The van der Waals surface area contributed by atoms with Gasteiger partial charge in [0.25, 0.3) is 0 Å². The number of nitrogen functional groups attached to an aromatic ring is 2. The smallest absolute Gasteiger partial charge is 0.140 e. The van der Waals surface area contributed by atoms with Crippen LogP contribution in [0.15, 0.2) is 18.2 Å². The maximum absolute atomic E-state index is 8.90. The minimum absolute atomic E-state index is 0. The molecular weight excluding hydrogens is 128 g/mol. The highest BCUT2D eigenvalue weighted by atomic mass is 16.3. The van der Waals surface area contributed by atoms with Crippen LogP contribution in [0.5, 0.6) is 5.75 Å². The molecule has 0 aromatic heterocycles. The van der Waals surface area contributed by atoms with E-state index in [0.717, 1.165) is 0 Å². The zero-order chi connectivity index (χ0) is 6.85. The van der Waals surface area contributed by atoms with Crippen molar-refractivity contribution in [1.29, 1.82) is 0 Å². The Balaban J connectivity index is 0.000000810. The van der Waals surface area contributed by atoms with Crippen LogP contribution in [-0.2, 0) is 0 Å². The molecule has 0 bridgehead atoms. The van der Waals surface area contributed by atoms with E-state index in [-0.39, 0.29) is 18.9 Å². The summed E-state index contributed by atoms with van der Waals surface area (Å²) in [4.78, 5) is 0. The Morgan fingerprint density at radius 2 is 1.80 bits per heavy atom. The van der Waals surface area contributed by atoms with E-state index in [2.05, 4.69) is 0 Å². The third-order valence-corrected chi connectivity index (χ3v) is 1.12. The molecule has 1 aromatic rings. The third kappa shape index (κ3) is 1.31. The highest BCUT2D eigenvalue weighted by molar-refractivity contribution is 5.69. The van der Waals surface area contributed by atoms with Gasteiger partial charge in [-0.05, 0) is 12.1 Å². The quantitative estimate of drug-likeness (QED) is 0.374. The van der Waals surface area contributed by atoms with E-state index >= 15 is 0 Å². The minimum Gasteiger partial charge on any atom is -0.506 e. The van der Waals surface area contributed by atoms with Gasteiger partial charge in [-0.1, -0.05) is 13.5 Å². The average molecular weight is 140 g/mol. The number of aromatic hydroxyl groups is 1. The molecule has 3 heteroatoms. The van der Waals surface area contributed by atoms with Crippen LogP contribution in [0, 0.1) is 0 Å². The van der Waals surface area contributed by atoms with E-state index in [1.165, 1.54) is 6.07 Å². The summed E-state index contributed by atoms with van der Waals surface area (Å²) in [7, 11) is 0. The minimum atomic E-state index is 0. The number of phenolic OH excluding ortho intramolecular Hbond substituents is 1. The first kappa shape index (κ1) is 8.62. The molecule has 0 amide bonds. The van der Waals surface area contributed by atoms with Crippen LogP contribution < -0.4 is 11.5 Å². The molecule has 0 aliphatic carbocycles. The van der Waals surface area contributed by atoms with Gasteiger partial charge in [0.15, 0.2) is 0 Å². The molecule has 0 spiro atoms. The van der Waals surface area contributed by atoms with Crippen LogP contribution >= 0.6 is 0 Å². The number of hydrogen-bond donors (Lipinski definition) is 3. The standard InChI is InChI=1S/C6H8N2O.CH4/c7-4-2-1-3-5(9)6(4)8;/h1-3,9H,7-8H2;1H4. The van der Waals surface area contributed by atoms with E-state index in [4.69, 9.17) is 16.6 Å². The van der Waals surface area contributed by atoms with Gasteiger partial charge in [-0.3, -0.25) is 0 Å². The van der Waals surface area contributed by atoms with Gasteiger partial charge in [0.1, 0.15) is 5.75 Å². The molecule has 10 heavy (non-hydrogen) atoms. The molecule has 0 aliphatic heterocycles. The Bertz CT molecular complexity index is 203. The molecule has 0 aliphatic rings. The lowest BCUT2D eigenvalue weighted by Gasteiger charge is -1.99. The highest BCUT2D eigenvalue weighted by Gasteiger charge is 1.96.